The molecule has 2 aliphatic rings. The van der Waals surface area contributed by atoms with Gasteiger partial charge in [0, 0.05) is 25.8 Å². The number of tetrazole rings is 1. The highest BCUT2D eigenvalue weighted by atomic mass is 32.1. The van der Waals surface area contributed by atoms with Crippen molar-refractivity contribution in [1.29, 1.82) is 0 Å². The van der Waals surface area contributed by atoms with Crippen molar-refractivity contribution in [2.24, 2.45) is 13.0 Å². The number of aryl methyl sites for hydroxylation is 2. The van der Waals surface area contributed by atoms with Crippen molar-refractivity contribution >= 4 is 22.9 Å². The van der Waals surface area contributed by atoms with Gasteiger partial charge in [-0.05, 0) is 100 Å². The van der Waals surface area contributed by atoms with Crippen molar-refractivity contribution in [2.45, 2.75) is 64.6 Å². The summed E-state index contributed by atoms with van der Waals surface area (Å²) in [6.07, 6.45) is -1.39. The van der Waals surface area contributed by atoms with Gasteiger partial charge in [0.1, 0.15) is 6.17 Å². The molecule has 1 atom stereocenters. The molecule has 0 saturated heterocycles. The summed E-state index contributed by atoms with van der Waals surface area (Å²) >= 11 is 1.58. The van der Waals surface area contributed by atoms with Crippen LogP contribution in [0, 0.1) is 12.8 Å². The van der Waals surface area contributed by atoms with E-state index in [9.17, 15) is 26.3 Å². The Morgan fingerprint density at radius 2 is 1.68 bits per heavy atom. The zero-order valence-corrected chi connectivity index (χ0v) is 25.5. The van der Waals surface area contributed by atoms with E-state index in [-0.39, 0.29) is 36.8 Å². The average Bonchev–Trinajstić information content (AvgIpc) is 3.73. The fourth-order valence-corrected chi connectivity index (χ4v) is 6.83. The molecular weight excluding hydrogens is 604 g/mol. The third-order valence-electron chi connectivity index (χ3n) is 8.17. The Morgan fingerprint density at radius 3 is 2.23 bits per heavy atom. The highest BCUT2D eigenvalue weighted by Crippen LogP contribution is 2.37. The van der Waals surface area contributed by atoms with Gasteiger partial charge in [-0.3, -0.25) is 4.90 Å². The molecule has 1 unspecified atom stereocenters. The molecule has 1 aliphatic carbocycles. The molecule has 3 aromatic rings. The number of allylic oxidation sites excluding steroid dienone is 2. The third kappa shape index (κ3) is 7.45. The van der Waals surface area contributed by atoms with E-state index in [1.54, 1.807) is 23.3 Å². The van der Waals surface area contributed by atoms with Crippen LogP contribution in [0.4, 0.5) is 32.3 Å². The average molecular weight is 640 g/mol. The number of anilines is 1. The smallest absolute Gasteiger partial charge is 0.372 e. The fourth-order valence-electron chi connectivity index (χ4n) is 5.97. The van der Waals surface area contributed by atoms with Crippen molar-refractivity contribution in [3.05, 3.63) is 74.6 Å². The molecule has 0 bridgehead atoms. The minimum atomic E-state index is -4.95. The molecule has 1 aromatic carbocycles. The van der Waals surface area contributed by atoms with Gasteiger partial charge in [-0.15, -0.1) is 5.10 Å². The maximum Gasteiger partial charge on any atom is 0.416 e. The van der Waals surface area contributed by atoms with Crippen LogP contribution in [0.15, 0.2) is 46.8 Å². The van der Waals surface area contributed by atoms with Crippen LogP contribution in [0.1, 0.15) is 60.4 Å². The summed E-state index contributed by atoms with van der Waals surface area (Å²) < 4.78 is 82.1. The van der Waals surface area contributed by atoms with Gasteiger partial charge in [0.05, 0.1) is 18.2 Å². The van der Waals surface area contributed by atoms with Gasteiger partial charge in [-0.25, -0.2) is 0 Å². The summed E-state index contributed by atoms with van der Waals surface area (Å²) in [5.74, 6) is 0.658. The Bertz CT molecular complexity index is 1470. The first-order chi connectivity index (χ1) is 20.8. The van der Waals surface area contributed by atoms with E-state index in [2.05, 4.69) is 49.4 Å². The van der Waals surface area contributed by atoms with Crippen molar-refractivity contribution in [3.63, 3.8) is 0 Å². The van der Waals surface area contributed by atoms with Crippen LogP contribution < -0.4 is 10.2 Å². The van der Waals surface area contributed by atoms with Crippen LogP contribution in [0.2, 0.25) is 0 Å². The Morgan fingerprint density at radius 1 is 1.00 bits per heavy atom. The molecule has 7 nitrogen and oxygen atoms in total. The van der Waals surface area contributed by atoms with E-state index >= 15 is 0 Å². The normalized spacial score (nSPS) is 18.0. The van der Waals surface area contributed by atoms with Gasteiger partial charge in [-0.2, -0.15) is 42.5 Å². The number of alkyl halides is 6. The van der Waals surface area contributed by atoms with Crippen molar-refractivity contribution in [2.75, 3.05) is 24.5 Å². The second-order valence-corrected chi connectivity index (χ2v) is 12.2. The standard InChI is InChI=1S/C30H35F6N7S/c1-4-42(14-20-7-5-6-8-20)27-23(11-22(13-37-27)26-18-44-17-19(26)2)16-43(28-38-40-41(3)39-28)15-21-9-24(29(31,32)33)12-25(10-21)30(34,35)36/h9-13,17-18,20,27,37H,4-8,14-16H2,1-3H3. The first-order valence-electron chi connectivity index (χ1n) is 14.5. The molecule has 14 heteroatoms. The van der Waals surface area contributed by atoms with Crippen LogP contribution in [-0.4, -0.2) is 50.9 Å². The molecule has 3 heterocycles. The van der Waals surface area contributed by atoms with Gasteiger partial charge in [0.25, 0.3) is 5.95 Å². The maximum absolute atomic E-state index is 13.7. The Balaban J connectivity index is 1.53. The third-order valence-corrected chi connectivity index (χ3v) is 9.03. The van der Waals surface area contributed by atoms with E-state index in [4.69, 9.17) is 0 Å². The Labute approximate surface area is 256 Å². The number of hydrogen-bond donors (Lipinski definition) is 1. The van der Waals surface area contributed by atoms with E-state index in [0.717, 1.165) is 60.3 Å². The van der Waals surface area contributed by atoms with Gasteiger partial charge in [-0.1, -0.05) is 24.9 Å². The molecule has 0 spiro atoms. The first-order valence-corrected chi connectivity index (χ1v) is 15.5. The van der Waals surface area contributed by atoms with Crippen molar-refractivity contribution < 1.29 is 26.3 Å². The number of benzene rings is 1. The molecule has 2 aromatic heterocycles. The zero-order valence-electron chi connectivity index (χ0n) is 24.7. The van der Waals surface area contributed by atoms with Gasteiger partial charge in [0.15, 0.2) is 0 Å². The molecule has 1 saturated carbocycles. The quantitative estimate of drug-likeness (QED) is 0.241. The lowest BCUT2D eigenvalue weighted by Gasteiger charge is -2.38. The number of dihydropyridines is 1. The van der Waals surface area contributed by atoms with Gasteiger partial charge >= 0.3 is 12.4 Å². The molecule has 0 radical (unpaired) electrons. The molecule has 44 heavy (non-hydrogen) atoms. The molecule has 238 valence electrons. The lowest BCUT2D eigenvalue weighted by Crippen LogP contribution is -2.50. The maximum atomic E-state index is 13.7. The zero-order chi connectivity index (χ0) is 31.6. The van der Waals surface area contributed by atoms with Gasteiger partial charge < -0.3 is 10.2 Å². The molecule has 0 amide bonds. The van der Waals surface area contributed by atoms with E-state index in [1.165, 1.54) is 17.6 Å². The molecular formula is C30H35F6N7S. The number of nitrogens with one attached hydrogen (secondary N) is 1. The summed E-state index contributed by atoms with van der Waals surface area (Å²) in [5, 5.41) is 19.9. The minimum absolute atomic E-state index is 0.0970. The van der Waals surface area contributed by atoms with Crippen LogP contribution in [0.5, 0.6) is 0 Å². The number of hydrogen-bond acceptors (Lipinski definition) is 7. The van der Waals surface area contributed by atoms with Crippen molar-refractivity contribution in [1.82, 2.24) is 30.4 Å². The summed E-state index contributed by atoms with van der Waals surface area (Å²) in [4.78, 5) is 5.12. The SMILES string of the molecule is CCN(CC1CCCC1)C1NC=C(c2cscc2C)C=C1CN(Cc1cc(C(F)(F)F)cc(C(F)(F)F)c1)c1nnn(C)n1. The van der Waals surface area contributed by atoms with Crippen molar-refractivity contribution in [3.8, 4) is 0 Å². The summed E-state index contributed by atoms with van der Waals surface area (Å²) in [6.45, 7) is 5.57. The monoisotopic (exact) mass is 639 g/mol. The predicted octanol–water partition coefficient (Wildman–Crippen LogP) is 7.03. The predicted molar refractivity (Wildman–Crippen MR) is 158 cm³/mol. The Kier molecular flexibility index (Phi) is 9.40. The van der Waals surface area contributed by atoms with Crippen LogP contribution in [0.3, 0.4) is 0 Å². The summed E-state index contributed by atoms with van der Waals surface area (Å²) in [6, 6.07) is 1.64. The number of thiophene rings is 1. The van der Waals surface area contributed by atoms with Crippen LogP contribution in [0.25, 0.3) is 5.57 Å². The lowest BCUT2D eigenvalue weighted by atomic mass is 9.97. The number of rotatable bonds is 10. The highest BCUT2D eigenvalue weighted by molar-refractivity contribution is 7.08. The second-order valence-electron chi connectivity index (χ2n) is 11.4. The first kappa shape index (κ1) is 32.0. The van der Waals surface area contributed by atoms with Crippen LogP contribution >= 0.6 is 11.3 Å². The minimum Gasteiger partial charge on any atom is -0.372 e. The number of likely N-dealkylation sites (N-methyl/N-ethyl adjacent to an activating group) is 1. The topological polar surface area (TPSA) is 62.1 Å². The van der Waals surface area contributed by atoms with Gasteiger partial charge in [0.2, 0.25) is 0 Å². The molecule has 1 N–H and O–H groups in total. The molecule has 1 fully saturated rings. The number of halogens is 6. The lowest BCUT2D eigenvalue weighted by molar-refractivity contribution is -0.143. The molecule has 1 aliphatic heterocycles. The number of aromatic nitrogens is 4. The van der Waals surface area contributed by atoms with E-state index < -0.39 is 23.5 Å². The number of nitrogens with zero attached hydrogens (tertiary/aromatic N) is 6. The summed E-state index contributed by atoms with van der Waals surface area (Å²) in [7, 11) is 1.55. The van der Waals surface area contributed by atoms with E-state index in [0.29, 0.717) is 5.92 Å². The van der Waals surface area contributed by atoms with Crippen LogP contribution in [-0.2, 0) is 25.9 Å². The fraction of sp³-hybridized carbons (Fsp3) is 0.500. The second kappa shape index (κ2) is 12.9. The highest BCUT2D eigenvalue weighted by Gasteiger charge is 2.37. The summed E-state index contributed by atoms with van der Waals surface area (Å²) in [5.41, 5.74) is 1.10. The molecule has 5 rings (SSSR count). The largest absolute Gasteiger partial charge is 0.416 e. The Hall–Kier alpha value is -3.39. The van der Waals surface area contributed by atoms with E-state index in [1.807, 2.05) is 13.1 Å².